The molecule has 3 aliphatic rings. The van der Waals surface area contributed by atoms with Crippen molar-refractivity contribution in [2.24, 2.45) is 5.92 Å². The third-order valence-corrected chi connectivity index (χ3v) is 6.49. The van der Waals surface area contributed by atoms with Crippen molar-refractivity contribution in [3.63, 3.8) is 0 Å². The van der Waals surface area contributed by atoms with Gasteiger partial charge in [0.1, 0.15) is 6.23 Å². The van der Waals surface area contributed by atoms with Gasteiger partial charge in [0, 0.05) is 47.0 Å². The summed E-state index contributed by atoms with van der Waals surface area (Å²) in [6.07, 6.45) is 5.40. The largest absolute Gasteiger partial charge is 0.392 e. The first-order valence-corrected chi connectivity index (χ1v) is 11.3. The fourth-order valence-electron chi connectivity index (χ4n) is 4.98. The Bertz CT molecular complexity index is 1170. The topological polar surface area (TPSA) is 65.6 Å². The predicted octanol–water partition coefficient (Wildman–Crippen LogP) is 2.55. The lowest BCUT2D eigenvalue weighted by Crippen LogP contribution is -2.55. The van der Waals surface area contributed by atoms with Crippen molar-refractivity contribution in [2.45, 2.75) is 51.3 Å². The second-order valence-electron chi connectivity index (χ2n) is 8.48. The van der Waals surface area contributed by atoms with E-state index in [0.717, 1.165) is 31.5 Å². The first kappa shape index (κ1) is 22.8. The highest BCUT2D eigenvalue weighted by Crippen LogP contribution is 2.53. The Hall–Kier alpha value is -2.35. The third kappa shape index (κ3) is 3.83. The molecule has 1 aromatic carbocycles. The molecule has 0 amide bonds. The SMILES string of the molecule is CC.CC(F)(F)c1ccccc1-c1cc2c(c(=O)[nH]1)=CC1(N3CCCOC3CO)CC1C=2. The summed E-state index contributed by atoms with van der Waals surface area (Å²) in [4.78, 5) is 17.9. The lowest BCUT2D eigenvalue weighted by molar-refractivity contribution is -0.131. The zero-order chi connectivity index (χ0) is 23.1. The number of H-pyrrole nitrogens is 1. The zero-order valence-corrected chi connectivity index (χ0v) is 18.7. The minimum Gasteiger partial charge on any atom is -0.392 e. The lowest BCUT2D eigenvalue weighted by Gasteiger charge is -2.40. The average molecular weight is 445 g/mol. The van der Waals surface area contributed by atoms with Crippen molar-refractivity contribution in [3.8, 4) is 11.3 Å². The molecular weight excluding hydrogens is 414 g/mol. The molecule has 2 heterocycles. The van der Waals surface area contributed by atoms with Gasteiger partial charge in [0.15, 0.2) is 0 Å². The van der Waals surface area contributed by atoms with Gasteiger partial charge in [-0.2, -0.15) is 0 Å². The molecule has 3 atom stereocenters. The van der Waals surface area contributed by atoms with Gasteiger partial charge < -0.3 is 14.8 Å². The molecule has 1 saturated carbocycles. The van der Waals surface area contributed by atoms with Gasteiger partial charge in [0.05, 0.1) is 13.2 Å². The quantitative estimate of drug-likeness (QED) is 0.761. The number of rotatable bonds is 4. The molecule has 1 aromatic heterocycles. The molecule has 0 bridgehead atoms. The number of alkyl halides is 2. The van der Waals surface area contributed by atoms with E-state index in [1.807, 2.05) is 19.9 Å². The summed E-state index contributed by atoms with van der Waals surface area (Å²) in [6, 6.07) is 8.05. The fourth-order valence-corrected chi connectivity index (χ4v) is 4.98. The molecule has 172 valence electrons. The van der Waals surface area contributed by atoms with Crippen LogP contribution < -0.4 is 16.0 Å². The van der Waals surface area contributed by atoms with Crippen molar-refractivity contribution < 1.29 is 18.6 Å². The molecule has 1 saturated heterocycles. The summed E-state index contributed by atoms with van der Waals surface area (Å²) in [7, 11) is 0. The molecule has 5 nitrogen and oxygen atoms in total. The van der Waals surface area contributed by atoms with Gasteiger partial charge in [0.25, 0.3) is 11.5 Å². The van der Waals surface area contributed by atoms with Crippen molar-refractivity contribution in [1.29, 1.82) is 0 Å². The number of nitrogens with one attached hydrogen (secondary N) is 1. The van der Waals surface area contributed by atoms with Crippen LogP contribution in [0.2, 0.25) is 0 Å². The average Bonchev–Trinajstić information content (AvgIpc) is 3.53. The minimum atomic E-state index is -3.02. The number of aliphatic hydroxyl groups excluding tert-OH is 1. The second-order valence-corrected chi connectivity index (χ2v) is 8.48. The molecule has 7 heteroatoms. The Morgan fingerprint density at radius 1 is 1.31 bits per heavy atom. The third-order valence-electron chi connectivity index (χ3n) is 6.49. The number of ether oxygens (including phenoxy) is 1. The number of aromatic nitrogens is 1. The van der Waals surface area contributed by atoms with Crippen LogP contribution in [-0.2, 0) is 10.7 Å². The maximum absolute atomic E-state index is 14.1. The van der Waals surface area contributed by atoms with Crippen LogP contribution in [0.1, 0.15) is 39.2 Å². The van der Waals surface area contributed by atoms with Crippen LogP contribution in [0.5, 0.6) is 0 Å². The number of hydrogen-bond acceptors (Lipinski definition) is 4. The molecule has 2 aromatic rings. The van der Waals surface area contributed by atoms with Crippen LogP contribution in [0.3, 0.4) is 0 Å². The molecule has 1 aliphatic heterocycles. The number of benzene rings is 1. The van der Waals surface area contributed by atoms with Gasteiger partial charge >= 0.3 is 0 Å². The summed E-state index contributed by atoms with van der Waals surface area (Å²) in [5.41, 5.74) is -0.00328. The van der Waals surface area contributed by atoms with Crippen LogP contribution in [0.25, 0.3) is 23.4 Å². The van der Waals surface area contributed by atoms with Gasteiger partial charge in [-0.25, -0.2) is 8.78 Å². The van der Waals surface area contributed by atoms with Crippen LogP contribution in [0, 0.1) is 5.92 Å². The number of aromatic amines is 1. The summed E-state index contributed by atoms with van der Waals surface area (Å²) in [6.45, 7) is 6.19. The Labute approximate surface area is 186 Å². The standard InChI is InChI=1S/C23H24F2N2O3.C2H6/c1-22(24,25)18-6-3-2-5-16(18)19-10-14-9-15-11-23(15,12-17(14)21(29)26-19)27-7-4-8-30-20(27)13-28;1-2/h2-3,5-6,9-10,12,15,20,28H,4,7-8,11,13H2,1H3,(H,26,29);1-2H3. The maximum atomic E-state index is 14.1. The molecular formula is C25H30F2N2O3. The molecule has 2 fully saturated rings. The van der Waals surface area contributed by atoms with Crippen molar-refractivity contribution in [1.82, 2.24) is 9.88 Å². The molecule has 0 radical (unpaired) electrons. The Kier molecular flexibility index (Phi) is 6.09. The van der Waals surface area contributed by atoms with E-state index in [9.17, 15) is 18.7 Å². The van der Waals surface area contributed by atoms with Gasteiger partial charge in [-0.05, 0) is 24.1 Å². The smallest absolute Gasteiger partial charge is 0.271 e. The summed E-state index contributed by atoms with van der Waals surface area (Å²) < 4.78 is 33.9. The van der Waals surface area contributed by atoms with Crippen molar-refractivity contribution in [2.75, 3.05) is 19.8 Å². The number of aliphatic hydroxyl groups is 1. The zero-order valence-electron chi connectivity index (χ0n) is 18.7. The lowest BCUT2D eigenvalue weighted by atomic mass is 9.97. The van der Waals surface area contributed by atoms with E-state index in [1.54, 1.807) is 24.3 Å². The van der Waals surface area contributed by atoms with Gasteiger partial charge in [-0.15, -0.1) is 0 Å². The first-order chi connectivity index (χ1) is 15.3. The van der Waals surface area contributed by atoms with Gasteiger partial charge in [0.2, 0.25) is 0 Å². The van der Waals surface area contributed by atoms with Gasteiger partial charge in [-0.3, -0.25) is 9.69 Å². The van der Waals surface area contributed by atoms with E-state index in [4.69, 9.17) is 4.74 Å². The van der Waals surface area contributed by atoms with Crippen LogP contribution in [0.4, 0.5) is 8.78 Å². The summed E-state index contributed by atoms with van der Waals surface area (Å²) in [5, 5.41) is 11.0. The Morgan fingerprint density at radius 2 is 2.06 bits per heavy atom. The van der Waals surface area contributed by atoms with E-state index in [2.05, 4.69) is 16.0 Å². The van der Waals surface area contributed by atoms with Crippen LogP contribution >= 0.6 is 0 Å². The molecule has 32 heavy (non-hydrogen) atoms. The number of fused-ring (bicyclic) bond motifs is 2. The predicted molar refractivity (Wildman–Crippen MR) is 121 cm³/mol. The summed E-state index contributed by atoms with van der Waals surface area (Å²) >= 11 is 0. The van der Waals surface area contributed by atoms with Gasteiger partial charge in [-0.1, -0.05) is 50.3 Å². The molecule has 2 N–H and O–H groups in total. The molecule has 5 rings (SSSR count). The van der Waals surface area contributed by atoms with Crippen LogP contribution in [0.15, 0.2) is 35.1 Å². The highest BCUT2D eigenvalue weighted by Gasteiger charge is 2.58. The van der Waals surface area contributed by atoms with E-state index < -0.39 is 5.92 Å². The van der Waals surface area contributed by atoms with Crippen molar-refractivity contribution >= 4 is 12.2 Å². The van der Waals surface area contributed by atoms with E-state index >= 15 is 0 Å². The fraction of sp³-hybridized carbons (Fsp3) is 0.480. The Balaban J connectivity index is 0.00000119. The highest BCUT2D eigenvalue weighted by atomic mass is 19.3. The Morgan fingerprint density at radius 3 is 2.78 bits per heavy atom. The van der Waals surface area contributed by atoms with Crippen molar-refractivity contribution in [3.05, 3.63) is 56.7 Å². The van der Waals surface area contributed by atoms with E-state index in [1.165, 1.54) is 6.07 Å². The second kappa shape index (κ2) is 8.54. The minimum absolute atomic E-state index is 0.0908. The maximum Gasteiger partial charge on any atom is 0.271 e. The highest BCUT2D eigenvalue weighted by molar-refractivity contribution is 5.67. The number of nitrogens with zero attached hydrogens (tertiary/aromatic N) is 1. The normalized spacial score (nSPS) is 26.6. The summed E-state index contributed by atoms with van der Waals surface area (Å²) in [5.74, 6) is -2.81. The first-order valence-electron chi connectivity index (χ1n) is 11.3. The van der Waals surface area contributed by atoms with E-state index in [0.29, 0.717) is 23.1 Å². The molecule has 2 aliphatic carbocycles. The van der Waals surface area contributed by atoms with Crippen LogP contribution in [-0.4, -0.2) is 46.5 Å². The monoisotopic (exact) mass is 444 g/mol. The molecule has 0 spiro atoms. The molecule has 3 unspecified atom stereocenters. The van der Waals surface area contributed by atoms with E-state index in [-0.39, 0.29) is 35.4 Å². The number of halogens is 2. The number of pyridine rings is 1. The number of hydrogen-bond donors (Lipinski definition) is 2.